The molecule has 2 saturated heterocycles. The molecule has 2 aliphatic rings. The molecule has 1 atom stereocenters. The van der Waals surface area contributed by atoms with E-state index in [1.807, 2.05) is 0 Å². The lowest BCUT2D eigenvalue weighted by Gasteiger charge is -2.32. The minimum Gasteiger partial charge on any atom is -0.381 e. The Morgan fingerprint density at radius 2 is 1.67 bits per heavy atom. The lowest BCUT2D eigenvalue weighted by molar-refractivity contribution is -0.0555. The Balaban J connectivity index is 1.80. The molecular weight excluding hydrogens is 152 g/mol. The third-order valence-corrected chi connectivity index (χ3v) is 3.01. The van der Waals surface area contributed by atoms with Gasteiger partial charge in [-0.1, -0.05) is 0 Å². The number of ether oxygens (including phenoxy) is 2. The van der Waals surface area contributed by atoms with E-state index in [9.17, 15) is 0 Å². The van der Waals surface area contributed by atoms with E-state index in [2.05, 4.69) is 0 Å². The highest BCUT2D eigenvalue weighted by atomic mass is 16.5. The van der Waals surface area contributed by atoms with Gasteiger partial charge in [0.1, 0.15) is 0 Å². The first-order valence-electron chi connectivity index (χ1n) is 5.16. The van der Waals surface area contributed by atoms with Crippen LogP contribution in [-0.4, -0.2) is 25.9 Å². The predicted molar refractivity (Wildman–Crippen MR) is 47.1 cm³/mol. The molecule has 0 saturated carbocycles. The van der Waals surface area contributed by atoms with Crippen LogP contribution in [0.1, 0.15) is 32.1 Å². The number of rotatable bonds is 1. The molecule has 1 unspecified atom stereocenters. The molecule has 0 aromatic carbocycles. The summed E-state index contributed by atoms with van der Waals surface area (Å²) in [7, 11) is 0. The fraction of sp³-hybridized carbons (Fsp3) is 1.00. The van der Waals surface area contributed by atoms with Crippen molar-refractivity contribution in [3.63, 3.8) is 0 Å². The Kier molecular flexibility index (Phi) is 3.01. The minimum absolute atomic E-state index is 0.558. The van der Waals surface area contributed by atoms with Crippen LogP contribution in [0.5, 0.6) is 0 Å². The van der Waals surface area contributed by atoms with E-state index in [0.29, 0.717) is 6.10 Å². The Bertz CT molecular complexity index is 108. The van der Waals surface area contributed by atoms with Crippen molar-refractivity contribution in [1.29, 1.82) is 0 Å². The number of hydrogen-bond acceptors (Lipinski definition) is 2. The molecule has 0 bridgehead atoms. The van der Waals surface area contributed by atoms with Crippen molar-refractivity contribution < 1.29 is 9.47 Å². The minimum atomic E-state index is 0.558. The fourth-order valence-corrected chi connectivity index (χ4v) is 2.23. The Hall–Kier alpha value is -0.0800. The normalized spacial score (nSPS) is 33.5. The highest BCUT2D eigenvalue weighted by Gasteiger charge is 2.25. The summed E-state index contributed by atoms with van der Waals surface area (Å²) < 4.78 is 11.1. The van der Waals surface area contributed by atoms with Gasteiger partial charge >= 0.3 is 0 Å². The third-order valence-electron chi connectivity index (χ3n) is 3.01. The molecule has 12 heavy (non-hydrogen) atoms. The Morgan fingerprint density at radius 1 is 0.833 bits per heavy atom. The molecule has 0 aromatic rings. The molecule has 0 amide bonds. The van der Waals surface area contributed by atoms with E-state index in [1.165, 1.54) is 32.1 Å². The maximum atomic E-state index is 5.76. The molecule has 70 valence electrons. The van der Waals surface area contributed by atoms with Crippen LogP contribution in [0.15, 0.2) is 0 Å². The second-order valence-corrected chi connectivity index (χ2v) is 3.85. The van der Waals surface area contributed by atoms with Crippen LogP contribution in [0.2, 0.25) is 0 Å². The molecule has 0 aromatic heterocycles. The summed E-state index contributed by atoms with van der Waals surface area (Å²) in [5, 5.41) is 0. The molecule has 2 rings (SSSR count). The van der Waals surface area contributed by atoms with Crippen LogP contribution >= 0.6 is 0 Å². The van der Waals surface area contributed by atoms with Crippen LogP contribution in [-0.2, 0) is 9.47 Å². The van der Waals surface area contributed by atoms with Crippen LogP contribution in [0.3, 0.4) is 0 Å². The standard InChI is InChI=1S/C10H18O2/c1-2-6-12-10(3-1)9-4-7-11-8-5-9/h9-10H,1-8H2. The Morgan fingerprint density at radius 3 is 2.33 bits per heavy atom. The molecule has 0 N–H and O–H groups in total. The quantitative estimate of drug-likeness (QED) is 0.599. The van der Waals surface area contributed by atoms with Crippen molar-refractivity contribution in [2.24, 2.45) is 5.92 Å². The predicted octanol–water partition coefficient (Wildman–Crippen LogP) is 1.98. The van der Waals surface area contributed by atoms with Gasteiger partial charge in [-0.05, 0) is 38.0 Å². The highest BCUT2D eigenvalue weighted by Crippen LogP contribution is 2.27. The van der Waals surface area contributed by atoms with E-state index >= 15 is 0 Å². The van der Waals surface area contributed by atoms with Gasteiger partial charge in [0.2, 0.25) is 0 Å². The van der Waals surface area contributed by atoms with Crippen molar-refractivity contribution in [3.8, 4) is 0 Å². The highest BCUT2D eigenvalue weighted by molar-refractivity contribution is 4.75. The molecule has 2 nitrogen and oxygen atoms in total. The van der Waals surface area contributed by atoms with E-state index in [-0.39, 0.29) is 0 Å². The van der Waals surface area contributed by atoms with Gasteiger partial charge in [0, 0.05) is 19.8 Å². The summed E-state index contributed by atoms with van der Waals surface area (Å²) >= 11 is 0. The average Bonchev–Trinajstić information content (AvgIpc) is 2.21. The van der Waals surface area contributed by atoms with Gasteiger partial charge in [-0.3, -0.25) is 0 Å². The van der Waals surface area contributed by atoms with E-state index < -0.39 is 0 Å². The van der Waals surface area contributed by atoms with E-state index in [4.69, 9.17) is 9.47 Å². The van der Waals surface area contributed by atoms with Crippen LogP contribution in [0.25, 0.3) is 0 Å². The molecule has 2 fully saturated rings. The zero-order chi connectivity index (χ0) is 8.23. The zero-order valence-corrected chi connectivity index (χ0v) is 7.63. The molecule has 2 heteroatoms. The lowest BCUT2D eigenvalue weighted by atomic mass is 9.89. The molecule has 2 aliphatic heterocycles. The van der Waals surface area contributed by atoms with Gasteiger partial charge in [0.15, 0.2) is 0 Å². The first-order chi connectivity index (χ1) is 5.97. The van der Waals surface area contributed by atoms with Gasteiger partial charge in [-0.15, -0.1) is 0 Å². The zero-order valence-electron chi connectivity index (χ0n) is 7.63. The van der Waals surface area contributed by atoms with Crippen molar-refractivity contribution in [2.45, 2.75) is 38.2 Å². The Labute approximate surface area is 74.2 Å². The van der Waals surface area contributed by atoms with Crippen molar-refractivity contribution >= 4 is 0 Å². The molecule has 0 radical (unpaired) electrons. The second kappa shape index (κ2) is 4.24. The maximum Gasteiger partial charge on any atom is 0.0605 e. The van der Waals surface area contributed by atoms with Gasteiger partial charge in [0.05, 0.1) is 6.10 Å². The summed E-state index contributed by atoms with van der Waals surface area (Å²) in [6, 6.07) is 0. The third kappa shape index (κ3) is 1.99. The smallest absolute Gasteiger partial charge is 0.0605 e. The van der Waals surface area contributed by atoms with Crippen LogP contribution < -0.4 is 0 Å². The summed E-state index contributed by atoms with van der Waals surface area (Å²) in [5.74, 6) is 0.791. The SMILES string of the molecule is C1CCC(C2CCOCC2)OC1. The van der Waals surface area contributed by atoms with Crippen LogP contribution in [0, 0.1) is 5.92 Å². The number of hydrogen-bond donors (Lipinski definition) is 0. The fourth-order valence-electron chi connectivity index (χ4n) is 2.23. The first-order valence-corrected chi connectivity index (χ1v) is 5.16. The lowest BCUT2D eigenvalue weighted by Crippen LogP contribution is -2.32. The van der Waals surface area contributed by atoms with Gasteiger partial charge in [-0.2, -0.15) is 0 Å². The van der Waals surface area contributed by atoms with Crippen molar-refractivity contribution in [2.75, 3.05) is 19.8 Å². The summed E-state index contributed by atoms with van der Waals surface area (Å²) in [6.07, 6.45) is 6.89. The van der Waals surface area contributed by atoms with Gasteiger partial charge < -0.3 is 9.47 Å². The second-order valence-electron chi connectivity index (χ2n) is 3.85. The van der Waals surface area contributed by atoms with Crippen molar-refractivity contribution in [1.82, 2.24) is 0 Å². The molecule has 0 spiro atoms. The van der Waals surface area contributed by atoms with Gasteiger partial charge in [0.25, 0.3) is 0 Å². The summed E-state index contributed by atoms with van der Waals surface area (Å²) in [5.41, 5.74) is 0. The monoisotopic (exact) mass is 170 g/mol. The van der Waals surface area contributed by atoms with E-state index in [0.717, 1.165) is 25.7 Å². The van der Waals surface area contributed by atoms with E-state index in [1.54, 1.807) is 0 Å². The largest absolute Gasteiger partial charge is 0.381 e. The first kappa shape index (κ1) is 8.52. The topological polar surface area (TPSA) is 18.5 Å². The molecule has 2 heterocycles. The van der Waals surface area contributed by atoms with Crippen LogP contribution in [0.4, 0.5) is 0 Å². The maximum absolute atomic E-state index is 5.76. The van der Waals surface area contributed by atoms with Gasteiger partial charge in [-0.25, -0.2) is 0 Å². The summed E-state index contributed by atoms with van der Waals surface area (Å²) in [4.78, 5) is 0. The average molecular weight is 170 g/mol. The van der Waals surface area contributed by atoms with Crippen molar-refractivity contribution in [3.05, 3.63) is 0 Å². The molecular formula is C10H18O2. The molecule has 0 aliphatic carbocycles. The summed E-state index contributed by atoms with van der Waals surface area (Å²) in [6.45, 7) is 2.89.